The molecular weight excluding hydrogens is 344 g/mol. The Morgan fingerprint density at radius 3 is 2.32 bits per heavy atom. The maximum atomic E-state index is 12.8. The van der Waals surface area contributed by atoms with Gasteiger partial charge in [0.2, 0.25) is 10.0 Å². The first-order valence-electron chi connectivity index (χ1n) is 8.53. The minimum atomic E-state index is -3.72. The molecular formula is C16H26N4O4S. The van der Waals surface area contributed by atoms with E-state index in [0.717, 1.165) is 12.8 Å². The maximum absolute atomic E-state index is 12.8. The summed E-state index contributed by atoms with van der Waals surface area (Å²) in [4.78, 5) is 12.9. The van der Waals surface area contributed by atoms with Crippen molar-refractivity contribution in [1.29, 1.82) is 0 Å². The number of likely N-dealkylation sites (N-methyl/N-ethyl adjacent to an activating group) is 1. The van der Waals surface area contributed by atoms with Crippen LogP contribution in [0.25, 0.3) is 0 Å². The molecule has 9 heteroatoms. The largest absolute Gasteiger partial charge is 0.377 e. The summed E-state index contributed by atoms with van der Waals surface area (Å²) in [7, 11) is -1.79. The van der Waals surface area contributed by atoms with Crippen molar-refractivity contribution in [2.24, 2.45) is 0 Å². The summed E-state index contributed by atoms with van der Waals surface area (Å²) in [6.07, 6.45) is 1.66. The Morgan fingerprint density at radius 1 is 1.20 bits per heavy atom. The lowest BCUT2D eigenvalue weighted by Crippen LogP contribution is -2.47. The van der Waals surface area contributed by atoms with Crippen LogP contribution in [-0.4, -0.2) is 61.8 Å². The molecule has 0 amide bonds. The van der Waals surface area contributed by atoms with Crippen LogP contribution in [0.3, 0.4) is 0 Å². The van der Waals surface area contributed by atoms with Gasteiger partial charge in [-0.05, 0) is 32.0 Å². The number of sulfonamides is 1. The Bertz CT molecular complexity index is 711. The highest BCUT2D eigenvalue weighted by Gasteiger charge is 2.29. The number of nitrogens with one attached hydrogen (secondary N) is 1. The number of nitro benzene ring substituents is 1. The van der Waals surface area contributed by atoms with Gasteiger partial charge in [0.1, 0.15) is 5.69 Å². The molecule has 0 spiro atoms. The van der Waals surface area contributed by atoms with Crippen molar-refractivity contribution in [1.82, 2.24) is 9.21 Å². The van der Waals surface area contributed by atoms with Gasteiger partial charge in [0.15, 0.2) is 0 Å². The number of benzene rings is 1. The minimum absolute atomic E-state index is 0.0288. The van der Waals surface area contributed by atoms with Gasteiger partial charge in [-0.1, -0.05) is 13.8 Å². The Kier molecular flexibility index (Phi) is 6.36. The van der Waals surface area contributed by atoms with Crippen LogP contribution < -0.4 is 5.32 Å². The first kappa shape index (κ1) is 19.6. The molecule has 25 heavy (non-hydrogen) atoms. The SMILES string of the molecule is CCC(CC)Nc1ccc(S(=O)(=O)N2CCN(C)CC2)cc1[N+](=O)[O-]. The molecule has 1 aromatic rings. The molecule has 0 unspecified atom stereocenters. The fourth-order valence-electron chi connectivity index (χ4n) is 2.84. The highest BCUT2D eigenvalue weighted by atomic mass is 32.2. The normalized spacial score (nSPS) is 17.0. The van der Waals surface area contributed by atoms with E-state index < -0.39 is 14.9 Å². The van der Waals surface area contributed by atoms with E-state index in [1.165, 1.54) is 22.5 Å². The Balaban J connectivity index is 2.33. The van der Waals surface area contributed by atoms with E-state index in [1.54, 1.807) is 0 Å². The summed E-state index contributed by atoms with van der Waals surface area (Å²) in [5.41, 5.74) is 0.151. The fraction of sp³-hybridized carbons (Fsp3) is 0.625. The van der Waals surface area contributed by atoms with Crippen molar-refractivity contribution < 1.29 is 13.3 Å². The van der Waals surface area contributed by atoms with Crippen LogP contribution in [0.2, 0.25) is 0 Å². The topological polar surface area (TPSA) is 95.8 Å². The van der Waals surface area contributed by atoms with E-state index in [4.69, 9.17) is 0 Å². The number of rotatable bonds is 7. The molecule has 8 nitrogen and oxygen atoms in total. The zero-order valence-electron chi connectivity index (χ0n) is 14.9. The second kappa shape index (κ2) is 8.11. The lowest BCUT2D eigenvalue weighted by atomic mass is 10.1. The van der Waals surface area contributed by atoms with E-state index in [1.807, 2.05) is 20.9 Å². The summed E-state index contributed by atoms with van der Waals surface area (Å²) in [5.74, 6) is 0. The quantitative estimate of drug-likeness (QED) is 0.583. The second-order valence-electron chi connectivity index (χ2n) is 6.30. The molecule has 0 aliphatic carbocycles. The van der Waals surface area contributed by atoms with Gasteiger partial charge in [0, 0.05) is 38.3 Å². The van der Waals surface area contributed by atoms with Crippen LogP contribution in [0, 0.1) is 10.1 Å². The Morgan fingerprint density at radius 2 is 1.80 bits per heavy atom. The van der Waals surface area contributed by atoms with Gasteiger partial charge >= 0.3 is 0 Å². The van der Waals surface area contributed by atoms with Crippen LogP contribution in [-0.2, 0) is 10.0 Å². The van der Waals surface area contributed by atoms with E-state index in [0.29, 0.717) is 31.9 Å². The van der Waals surface area contributed by atoms with Crippen molar-refractivity contribution in [3.05, 3.63) is 28.3 Å². The lowest BCUT2D eigenvalue weighted by Gasteiger charge is -2.31. The summed E-state index contributed by atoms with van der Waals surface area (Å²) < 4.78 is 26.9. The number of hydrogen-bond donors (Lipinski definition) is 1. The Labute approximate surface area is 149 Å². The number of nitrogens with zero attached hydrogens (tertiary/aromatic N) is 3. The van der Waals surface area contributed by atoms with Crippen LogP contribution >= 0.6 is 0 Å². The first-order chi connectivity index (χ1) is 11.8. The molecule has 1 aliphatic heterocycles. The summed E-state index contributed by atoms with van der Waals surface area (Å²) >= 11 is 0. The highest BCUT2D eigenvalue weighted by Crippen LogP contribution is 2.30. The van der Waals surface area contributed by atoms with Gasteiger partial charge in [-0.25, -0.2) is 8.42 Å². The predicted molar refractivity (Wildman–Crippen MR) is 97.3 cm³/mol. The molecule has 0 radical (unpaired) electrons. The average molecular weight is 370 g/mol. The lowest BCUT2D eigenvalue weighted by molar-refractivity contribution is -0.384. The Hall–Kier alpha value is -1.71. The van der Waals surface area contributed by atoms with Crippen molar-refractivity contribution in [3.63, 3.8) is 0 Å². The van der Waals surface area contributed by atoms with Gasteiger partial charge in [-0.15, -0.1) is 0 Å². The van der Waals surface area contributed by atoms with Crippen molar-refractivity contribution >= 4 is 21.4 Å². The number of piperazine rings is 1. The molecule has 0 bridgehead atoms. The van der Waals surface area contributed by atoms with E-state index in [9.17, 15) is 18.5 Å². The van der Waals surface area contributed by atoms with E-state index in [2.05, 4.69) is 10.2 Å². The van der Waals surface area contributed by atoms with Gasteiger partial charge in [-0.3, -0.25) is 10.1 Å². The average Bonchev–Trinajstić information content (AvgIpc) is 2.59. The minimum Gasteiger partial charge on any atom is -0.377 e. The smallest absolute Gasteiger partial charge is 0.293 e. The standard InChI is InChI=1S/C16H26N4O4S/c1-4-13(5-2)17-15-7-6-14(12-16(15)20(21)22)25(23,24)19-10-8-18(3)9-11-19/h6-7,12-13,17H,4-5,8-11H2,1-3H3. The molecule has 2 rings (SSSR count). The van der Waals surface area contributed by atoms with Crippen LogP contribution in [0.1, 0.15) is 26.7 Å². The second-order valence-corrected chi connectivity index (χ2v) is 8.24. The van der Waals surface area contributed by atoms with Gasteiger partial charge in [0.25, 0.3) is 5.69 Å². The summed E-state index contributed by atoms with van der Waals surface area (Å²) in [6.45, 7) is 6.07. The molecule has 0 saturated carbocycles. The summed E-state index contributed by atoms with van der Waals surface area (Å²) in [6, 6.07) is 4.22. The van der Waals surface area contributed by atoms with Gasteiger partial charge in [-0.2, -0.15) is 4.31 Å². The molecule has 1 fully saturated rings. The molecule has 1 heterocycles. The monoisotopic (exact) mass is 370 g/mol. The molecule has 1 aliphatic rings. The zero-order chi connectivity index (χ0) is 18.6. The molecule has 1 N–H and O–H groups in total. The third kappa shape index (κ3) is 4.47. The first-order valence-corrected chi connectivity index (χ1v) is 9.97. The van der Waals surface area contributed by atoms with Gasteiger partial charge < -0.3 is 10.2 Å². The molecule has 140 valence electrons. The van der Waals surface area contributed by atoms with Crippen molar-refractivity contribution in [2.45, 2.75) is 37.6 Å². The predicted octanol–water partition coefficient (Wildman–Crippen LogP) is 2.13. The van der Waals surface area contributed by atoms with Crippen LogP contribution in [0.15, 0.2) is 23.1 Å². The highest BCUT2D eigenvalue weighted by molar-refractivity contribution is 7.89. The maximum Gasteiger partial charge on any atom is 0.293 e. The van der Waals surface area contributed by atoms with E-state index in [-0.39, 0.29) is 16.6 Å². The van der Waals surface area contributed by atoms with Crippen molar-refractivity contribution in [3.8, 4) is 0 Å². The molecule has 1 saturated heterocycles. The molecule has 1 aromatic carbocycles. The molecule has 0 aromatic heterocycles. The third-order valence-electron chi connectivity index (χ3n) is 4.61. The molecule has 0 atom stereocenters. The summed E-state index contributed by atoms with van der Waals surface area (Å²) in [5, 5.41) is 14.6. The number of nitro groups is 1. The third-order valence-corrected chi connectivity index (χ3v) is 6.51. The number of hydrogen-bond acceptors (Lipinski definition) is 6. The van der Waals surface area contributed by atoms with Crippen LogP contribution in [0.4, 0.5) is 11.4 Å². The fourth-order valence-corrected chi connectivity index (χ4v) is 4.28. The number of anilines is 1. The van der Waals surface area contributed by atoms with Crippen molar-refractivity contribution in [2.75, 3.05) is 38.5 Å². The van der Waals surface area contributed by atoms with E-state index >= 15 is 0 Å². The van der Waals surface area contributed by atoms with Gasteiger partial charge in [0.05, 0.1) is 9.82 Å². The van der Waals surface area contributed by atoms with Crippen LogP contribution in [0.5, 0.6) is 0 Å². The zero-order valence-corrected chi connectivity index (χ0v) is 15.8.